The molecule has 0 radical (unpaired) electrons. The molecule has 1 aliphatic rings. The molecule has 1 unspecified atom stereocenters. The number of sulfonamides is 1. The number of amides is 2. The van der Waals surface area contributed by atoms with E-state index in [1.54, 1.807) is 30.3 Å². The van der Waals surface area contributed by atoms with Gasteiger partial charge < -0.3 is 10.2 Å². The van der Waals surface area contributed by atoms with Crippen LogP contribution in [0.2, 0.25) is 5.02 Å². The van der Waals surface area contributed by atoms with Crippen molar-refractivity contribution in [2.45, 2.75) is 68.2 Å². The summed E-state index contributed by atoms with van der Waals surface area (Å²) < 4.78 is 70.3. The minimum atomic E-state index is -4.77. The zero-order valence-electron chi connectivity index (χ0n) is 26.7. The van der Waals surface area contributed by atoms with Crippen LogP contribution in [0.5, 0.6) is 0 Å². The number of nitrogens with one attached hydrogen (secondary N) is 1. The van der Waals surface area contributed by atoms with Crippen LogP contribution in [-0.4, -0.2) is 43.8 Å². The Morgan fingerprint density at radius 2 is 1.45 bits per heavy atom. The van der Waals surface area contributed by atoms with E-state index in [0.29, 0.717) is 21.0 Å². The zero-order chi connectivity index (χ0) is 35.0. The van der Waals surface area contributed by atoms with Crippen molar-refractivity contribution in [2.24, 2.45) is 0 Å². The number of anilines is 1. The maximum absolute atomic E-state index is 14.6. The lowest BCUT2D eigenvalue weighted by atomic mass is 9.94. The molecule has 4 aromatic rings. The zero-order valence-corrected chi connectivity index (χ0v) is 28.2. The Hall–Kier alpha value is -4.35. The minimum Gasteiger partial charge on any atom is -0.352 e. The van der Waals surface area contributed by atoms with Crippen LogP contribution >= 0.6 is 11.6 Å². The first-order chi connectivity index (χ1) is 23.4. The number of alkyl halides is 3. The molecule has 1 fully saturated rings. The fraction of sp³-hybridized carbons (Fsp3) is 0.297. The molecule has 49 heavy (non-hydrogen) atoms. The Labute approximate surface area is 289 Å². The standard InChI is InChI=1S/C37H37ClF3N3O4S/c38-30-16-10-14-28(22-30)25-43(34(23-27-12-4-1-5-13-27)36(46)42-31-17-6-2-7-18-31)35(45)26-44(49(47,48)33-20-8-3-9-21-33)32-19-11-15-29(24-32)37(39,40)41/h1,3-5,8-16,19-22,24,31,34H,2,6-7,17-18,23,25-26H2,(H,42,46). The lowest BCUT2D eigenvalue weighted by Crippen LogP contribution is -2.55. The largest absolute Gasteiger partial charge is 0.416 e. The van der Waals surface area contributed by atoms with Gasteiger partial charge in [-0.2, -0.15) is 13.2 Å². The van der Waals surface area contributed by atoms with Gasteiger partial charge in [-0.15, -0.1) is 0 Å². The van der Waals surface area contributed by atoms with E-state index in [1.165, 1.54) is 35.2 Å². The van der Waals surface area contributed by atoms with E-state index in [0.717, 1.165) is 49.8 Å². The van der Waals surface area contributed by atoms with E-state index in [4.69, 9.17) is 11.6 Å². The van der Waals surface area contributed by atoms with Crippen molar-refractivity contribution in [3.8, 4) is 0 Å². The summed E-state index contributed by atoms with van der Waals surface area (Å²) in [6.45, 7) is -0.988. The molecular weight excluding hydrogens is 675 g/mol. The van der Waals surface area contributed by atoms with Gasteiger partial charge in [-0.1, -0.05) is 97.6 Å². The van der Waals surface area contributed by atoms with Gasteiger partial charge in [0.1, 0.15) is 12.6 Å². The number of halogens is 4. The summed E-state index contributed by atoms with van der Waals surface area (Å²) in [6, 6.07) is 25.7. The van der Waals surface area contributed by atoms with E-state index in [2.05, 4.69) is 5.32 Å². The van der Waals surface area contributed by atoms with Gasteiger partial charge in [0.25, 0.3) is 10.0 Å². The molecule has 0 saturated heterocycles. The molecule has 7 nitrogen and oxygen atoms in total. The van der Waals surface area contributed by atoms with E-state index in [-0.39, 0.29) is 29.6 Å². The topological polar surface area (TPSA) is 86.8 Å². The highest BCUT2D eigenvalue weighted by molar-refractivity contribution is 7.92. The second kappa shape index (κ2) is 15.9. The summed E-state index contributed by atoms with van der Waals surface area (Å²) in [7, 11) is -4.56. The van der Waals surface area contributed by atoms with Gasteiger partial charge in [0, 0.05) is 24.0 Å². The second-order valence-electron chi connectivity index (χ2n) is 12.1. The van der Waals surface area contributed by atoms with Crippen LogP contribution in [0.1, 0.15) is 48.8 Å². The number of carbonyl (C=O) groups is 2. The normalized spacial score (nSPS) is 14.5. The SMILES string of the molecule is O=C(NC1CCCCC1)C(Cc1ccccc1)N(Cc1cccc(Cl)c1)C(=O)CN(c1cccc(C(F)(F)F)c1)S(=O)(=O)c1ccccc1. The average Bonchev–Trinajstić information content (AvgIpc) is 3.09. The summed E-state index contributed by atoms with van der Waals surface area (Å²) in [4.78, 5) is 29.8. The van der Waals surface area contributed by atoms with Crippen LogP contribution in [0.3, 0.4) is 0 Å². The summed E-state index contributed by atoms with van der Waals surface area (Å²) in [5.41, 5.74) is -0.0703. The fourth-order valence-corrected chi connectivity index (χ4v) is 7.66. The van der Waals surface area contributed by atoms with E-state index < -0.39 is 46.2 Å². The highest BCUT2D eigenvalue weighted by Gasteiger charge is 2.37. The molecule has 1 aliphatic carbocycles. The Morgan fingerprint density at radius 3 is 2.10 bits per heavy atom. The van der Waals surface area contributed by atoms with Crippen molar-refractivity contribution in [2.75, 3.05) is 10.8 Å². The van der Waals surface area contributed by atoms with Crippen molar-refractivity contribution in [1.82, 2.24) is 10.2 Å². The number of hydrogen-bond acceptors (Lipinski definition) is 4. The maximum atomic E-state index is 14.6. The smallest absolute Gasteiger partial charge is 0.352 e. The van der Waals surface area contributed by atoms with Gasteiger partial charge >= 0.3 is 6.18 Å². The van der Waals surface area contributed by atoms with Crippen molar-refractivity contribution >= 4 is 39.1 Å². The number of nitrogens with zero attached hydrogens (tertiary/aromatic N) is 2. The first-order valence-corrected chi connectivity index (χ1v) is 17.9. The highest BCUT2D eigenvalue weighted by Crippen LogP contribution is 2.33. The lowest BCUT2D eigenvalue weighted by molar-refractivity contribution is -0.140. The Bertz CT molecular complexity index is 1840. The number of rotatable bonds is 12. The first-order valence-electron chi connectivity index (χ1n) is 16.0. The summed E-state index contributed by atoms with van der Waals surface area (Å²) in [5.74, 6) is -1.18. The number of benzene rings is 4. The Kier molecular flexibility index (Phi) is 11.7. The third-order valence-electron chi connectivity index (χ3n) is 8.54. The molecule has 0 spiro atoms. The third kappa shape index (κ3) is 9.42. The molecule has 0 aromatic heterocycles. The van der Waals surface area contributed by atoms with Gasteiger partial charge in [-0.25, -0.2) is 8.42 Å². The summed E-state index contributed by atoms with van der Waals surface area (Å²) >= 11 is 6.29. The van der Waals surface area contributed by atoms with E-state index >= 15 is 0 Å². The van der Waals surface area contributed by atoms with Gasteiger partial charge in [0.05, 0.1) is 16.1 Å². The molecule has 5 rings (SSSR count). The average molecular weight is 712 g/mol. The molecule has 1 saturated carbocycles. The molecule has 258 valence electrons. The molecule has 1 atom stereocenters. The van der Waals surface area contributed by atoms with Crippen LogP contribution in [0.25, 0.3) is 0 Å². The van der Waals surface area contributed by atoms with Crippen molar-refractivity contribution in [1.29, 1.82) is 0 Å². The molecular formula is C37H37ClF3N3O4S. The Morgan fingerprint density at radius 1 is 0.816 bits per heavy atom. The molecule has 0 aliphatic heterocycles. The lowest BCUT2D eigenvalue weighted by Gasteiger charge is -2.35. The van der Waals surface area contributed by atoms with Crippen LogP contribution in [0.4, 0.5) is 18.9 Å². The second-order valence-corrected chi connectivity index (χ2v) is 14.4. The van der Waals surface area contributed by atoms with Crippen molar-refractivity contribution < 1.29 is 31.2 Å². The minimum absolute atomic E-state index is 0.0808. The summed E-state index contributed by atoms with van der Waals surface area (Å²) in [6.07, 6.45) is -0.0686. The Balaban J connectivity index is 1.59. The first kappa shape index (κ1) is 35.9. The van der Waals surface area contributed by atoms with Crippen LogP contribution in [0.15, 0.2) is 114 Å². The van der Waals surface area contributed by atoms with Gasteiger partial charge in [-0.05, 0) is 66.4 Å². The molecule has 0 heterocycles. The van der Waals surface area contributed by atoms with Crippen molar-refractivity contribution in [3.63, 3.8) is 0 Å². The molecule has 0 bridgehead atoms. The predicted octanol–water partition coefficient (Wildman–Crippen LogP) is 7.64. The van der Waals surface area contributed by atoms with E-state index in [9.17, 15) is 31.2 Å². The fourth-order valence-electron chi connectivity index (χ4n) is 6.02. The van der Waals surface area contributed by atoms with Gasteiger partial charge in [0.15, 0.2) is 0 Å². The maximum Gasteiger partial charge on any atom is 0.416 e. The number of carbonyl (C=O) groups excluding carboxylic acids is 2. The quantitative estimate of drug-likeness (QED) is 0.164. The highest BCUT2D eigenvalue weighted by atomic mass is 35.5. The van der Waals surface area contributed by atoms with Crippen LogP contribution < -0.4 is 9.62 Å². The number of hydrogen-bond donors (Lipinski definition) is 1. The monoisotopic (exact) mass is 711 g/mol. The molecule has 2 amide bonds. The molecule has 4 aromatic carbocycles. The predicted molar refractivity (Wildman–Crippen MR) is 183 cm³/mol. The summed E-state index contributed by atoms with van der Waals surface area (Å²) in [5, 5.41) is 3.52. The third-order valence-corrected chi connectivity index (χ3v) is 10.6. The van der Waals surface area contributed by atoms with Gasteiger partial charge in [-0.3, -0.25) is 13.9 Å². The van der Waals surface area contributed by atoms with Gasteiger partial charge in [0.2, 0.25) is 11.8 Å². The molecule has 1 N–H and O–H groups in total. The molecule has 12 heteroatoms. The van der Waals surface area contributed by atoms with Crippen LogP contribution in [0, 0.1) is 0 Å². The van der Waals surface area contributed by atoms with Crippen LogP contribution in [-0.2, 0) is 38.8 Å². The van der Waals surface area contributed by atoms with E-state index in [1.807, 2.05) is 30.3 Å². The van der Waals surface area contributed by atoms with Crippen molar-refractivity contribution in [3.05, 3.63) is 131 Å².